The molecule has 4 nitrogen and oxygen atoms in total. The minimum absolute atomic E-state index is 0. The van der Waals surface area contributed by atoms with Crippen LogP contribution in [0.3, 0.4) is 0 Å². The minimum atomic E-state index is 0. The van der Waals surface area contributed by atoms with Crippen molar-refractivity contribution in [2.45, 2.75) is 13.3 Å². The third-order valence-corrected chi connectivity index (χ3v) is 3.12. The predicted molar refractivity (Wildman–Crippen MR) is 77.9 cm³/mol. The first-order chi connectivity index (χ1) is 8.81. The summed E-state index contributed by atoms with van der Waals surface area (Å²) < 4.78 is 5.55. The fourth-order valence-electron chi connectivity index (χ4n) is 1.95. The van der Waals surface area contributed by atoms with E-state index in [-0.39, 0.29) is 24.2 Å². The largest absolute Gasteiger partial charge is 0.494 e. The summed E-state index contributed by atoms with van der Waals surface area (Å²) in [6.07, 6.45) is 0.808. The summed E-state index contributed by atoms with van der Waals surface area (Å²) in [6, 6.07) is 7.97. The number of amides is 1. The van der Waals surface area contributed by atoms with E-state index in [9.17, 15) is 4.79 Å². The van der Waals surface area contributed by atoms with Crippen LogP contribution in [0.15, 0.2) is 24.3 Å². The number of nitrogens with one attached hydrogen (secondary N) is 2. The molecule has 1 aliphatic heterocycles. The van der Waals surface area contributed by atoms with Gasteiger partial charge in [0.1, 0.15) is 5.75 Å². The molecular weight excluding hydrogens is 264 g/mol. The smallest absolute Gasteiger partial charge is 0.225 e. The van der Waals surface area contributed by atoms with Gasteiger partial charge >= 0.3 is 0 Å². The maximum absolute atomic E-state index is 11.6. The van der Waals surface area contributed by atoms with Gasteiger partial charge in [-0.25, -0.2) is 0 Å². The van der Waals surface area contributed by atoms with Gasteiger partial charge in [0.25, 0.3) is 0 Å². The van der Waals surface area contributed by atoms with E-state index in [0.717, 1.165) is 30.8 Å². The van der Waals surface area contributed by atoms with Gasteiger partial charge in [-0.05, 0) is 25.0 Å². The van der Waals surface area contributed by atoms with Crippen LogP contribution >= 0.6 is 12.4 Å². The zero-order valence-electron chi connectivity index (χ0n) is 11.1. The molecule has 0 atom stereocenters. The molecule has 1 saturated heterocycles. The highest BCUT2D eigenvalue weighted by Crippen LogP contribution is 2.18. The molecule has 0 saturated carbocycles. The van der Waals surface area contributed by atoms with Crippen molar-refractivity contribution in [1.29, 1.82) is 0 Å². The summed E-state index contributed by atoms with van der Waals surface area (Å²) in [5.41, 5.74) is 1.14. The van der Waals surface area contributed by atoms with Crippen LogP contribution in [-0.4, -0.2) is 32.1 Å². The van der Waals surface area contributed by atoms with Crippen molar-refractivity contribution in [3.05, 3.63) is 29.8 Å². The second kappa shape index (κ2) is 8.02. The van der Waals surface area contributed by atoms with Crippen LogP contribution in [0.4, 0.5) is 0 Å². The normalized spacial score (nSPS) is 14.2. The lowest BCUT2D eigenvalue weighted by molar-refractivity contribution is -0.126. The van der Waals surface area contributed by atoms with E-state index in [1.807, 2.05) is 31.2 Å². The van der Waals surface area contributed by atoms with E-state index in [1.165, 1.54) is 0 Å². The number of hydrogen-bond acceptors (Lipinski definition) is 3. The molecule has 1 aromatic rings. The molecule has 1 aromatic carbocycles. The number of carbonyl (C=O) groups excluding carboxylic acids is 1. The molecule has 0 spiro atoms. The zero-order chi connectivity index (χ0) is 12.8. The van der Waals surface area contributed by atoms with Gasteiger partial charge in [-0.15, -0.1) is 12.4 Å². The van der Waals surface area contributed by atoms with Gasteiger partial charge < -0.3 is 15.4 Å². The number of carbonyl (C=O) groups is 1. The molecule has 1 fully saturated rings. The molecule has 5 heteroatoms. The van der Waals surface area contributed by atoms with Gasteiger partial charge in [-0.2, -0.15) is 0 Å². The van der Waals surface area contributed by atoms with Gasteiger partial charge in [-0.3, -0.25) is 4.79 Å². The molecule has 0 unspecified atom stereocenters. The van der Waals surface area contributed by atoms with E-state index in [4.69, 9.17) is 4.74 Å². The highest BCUT2D eigenvalue weighted by molar-refractivity contribution is 5.85. The molecule has 1 heterocycles. The SMILES string of the molecule is CCOc1ccccc1CCNC(=O)C1CNC1.Cl. The van der Waals surface area contributed by atoms with E-state index in [2.05, 4.69) is 10.6 Å². The summed E-state index contributed by atoms with van der Waals surface area (Å²) in [5.74, 6) is 1.23. The number of hydrogen-bond donors (Lipinski definition) is 2. The fourth-order valence-corrected chi connectivity index (χ4v) is 1.95. The first-order valence-electron chi connectivity index (χ1n) is 6.50. The number of para-hydroxylation sites is 1. The summed E-state index contributed by atoms with van der Waals surface area (Å²) >= 11 is 0. The second-order valence-corrected chi connectivity index (χ2v) is 4.44. The average molecular weight is 285 g/mol. The summed E-state index contributed by atoms with van der Waals surface area (Å²) in [6.45, 7) is 4.92. The molecule has 2 rings (SSSR count). The van der Waals surface area contributed by atoms with Gasteiger partial charge in [0.15, 0.2) is 0 Å². The number of rotatable bonds is 6. The third kappa shape index (κ3) is 4.40. The van der Waals surface area contributed by atoms with Crippen molar-refractivity contribution >= 4 is 18.3 Å². The number of halogens is 1. The van der Waals surface area contributed by atoms with Crippen LogP contribution in [0, 0.1) is 5.92 Å². The predicted octanol–water partition coefficient (Wildman–Crippen LogP) is 1.39. The van der Waals surface area contributed by atoms with Crippen molar-refractivity contribution in [1.82, 2.24) is 10.6 Å². The van der Waals surface area contributed by atoms with Crippen LogP contribution in [0.1, 0.15) is 12.5 Å². The molecule has 19 heavy (non-hydrogen) atoms. The van der Waals surface area contributed by atoms with Crippen molar-refractivity contribution < 1.29 is 9.53 Å². The minimum Gasteiger partial charge on any atom is -0.494 e. The highest BCUT2D eigenvalue weighted by Gasteiger charge is 2.24. The molecule has 2 N–H and O–H groups in total. The topological polar surface area (TPSA) is 50.4 Å². The first-order valence-corrected chi connectivity index (χ1v) is 6.50. The van der Waals surface area contributed by atoms with Crippen LogP contribution in [0.5, 0.6) is 5.75 Å². The molecule has 1 amide bonds. The molecule has 0 bridgehead atoms. The second-order valence-electron chi connectivity index (χ2n) is 4.44. The Kier molecular flexibility index (Phi) is 6.67. The van der Waals surface area contributed by atoms with Crippen LogP contribution < -0.4 is 15.4 Å². The van der Waals surface area contributed by atoms with Gasteiger partial charge in [-0.1, -0.05) is 18.2 Å². The van der Waals surface area contributed by atoms with E-state index < -0.39 is 0 Å². The lowest BCUT2D eigenvalue weighted by atomic mass is 10.0. The van der Waals surface area contributed by atoms with Crippen LogP contribution in [0.25, 0.3) is 0 Å². The molecule has 0 aromatic heterocycles. The Morgan fingerprint density at radius 1 is 1.42 bits per heavy atom. The Morgan fingerprint density at radius 3 is 2.79 bits per heavy atom. The number of benzene rings is 1. The van der Waals surface area contributed by atoms with Crippen molar-refractivity contribution in [2.24, 2.45) is 5.92 Å². The Balaban J connectivity index is 0.00000180. The Bertz CT molecular complexity index is 408. The van der Waals surface area contributed by atoms with Crippen molar-refractivity contribution in [2.75, 3.05) is 26.2 Å². The highest BCUT2D eigenvalue weighted by atomic mass is 35.5. The molecule has 0 aliphatic carbocycles. The molecular formula is C14H21ClN2O2. The van der Waals surface area contributed by atoms with Gasteiger partial charge in [0, 0.05) is 19.6 Å². The number of ether oxygens (including phenoxy) is 1. The first kappa shape index (κ1) is 15.8. The Hall–Kier alpha value is -1.26. The summed E-state index contributed by atoms with van der Waals surface area (Å²) in [4.78, 5) is 11.6. The van der Waals surface area contributed by atoms with Crippen LogP contribution in [0.2, 0.25) is 0 Å². The standard InChI is InChI=1S/C14H20N2O2.ClH/c1-2-18-13-6-4-3-5-11(13)7-8-16-14(17)12-9-15-10-12;/h3-6,12,15H,2,7-10H2,1H3,(H,16,17);1H. The summed E-state index contributed by atoms with van der Waals surface area (Å²) in [7, 11) is 0. The van der Waals surface area contributed by atoms with E-state index in [1.54, 1.807) is 0 Å². The average Bonchev–Trinajstić information content (AvgIpc) is 2.29. The fraction of sp³-hybridized carbons (Fsp3) is 0.500. The van der Waals surface area contributed by atoms with E-state index in [0.29, 0.717) is 13.2 Å². The molecule has 106 valence electrons. The molecule has 1 aliphatic rings. The van der Waals surface area contributed by atoms with Gasteiger partial charge in [0.05, 0.1) is 12.5 Å². The lowest BCUT2D eigenvalue weighted by Crippen LogP contribution is -2.51. The zero-order valence-corrected chi connectivity index (χ0v) is 12.0. The third-order valence-electron chi connectivity index (χ3n) is 3.12. The van der Waals surface area contributed by atoms with E-state index >= 15 is 0 Å². The van der Waals surface area contributed by atoms with Gasteiger partial charge in [0.2, 0.25) is 5.91 Å². The van der Waals surface area contributed by atoms with Crippen molar-refractivity contribution in [3.63, 3.8) is 0 Å². The maximum Gasteiger partial charge on any atom is 0.225 e. The van der Waals surface area contributed by atoms with Crippen LogP contribution in [-0.2, 0) is 11.2 Å². The molecule has 0 radical (unpaired) electrons. The quantitative estimate of drug-likeness (QED) is 0.830. The maximum atomic E-state index is 11.6. The Morgan fingerprint density at radius 2 is 2.16 bits per heavy atom. The summed E-state index contributed by atoms with van der Waals surface area (Å²) in [5, 5.41) is 6.06. The lowest BCUT2D eigenvalue weighted by Gasteiger charge is -2.25. The Labute approximate surface area is 120 Å². The van der Waals surface area contributed by atoms with Crippen molar-refractivity contribution in [3.8, 4) is 5.75 Å². The monoisotopic (exact) mass is 284 g/mol.